The van der Waals surface area contributed by atoms with E-state index in [1.807, 2.05) is 152 Å². The topological polar surface area (TPSA) is 75.4 Å². The fourth-order valence-electron chi connectivity index (χ4n) is 6.81. The van der Waals surface area contributed by atoms with Crippen molar-refractivity contribution in [3.8, 4) is 11.7 Å². The molecule has 0 aromatic heterocycles. The number of rotatable bonds is 7. The second kappa shape index (κ2) is 22.6. The molecule has 12 nitrogen and oxygen atoms in total. The predicted octanol–water partition coefficient (Wildman–Crippen LogP) is 4.64. The molecule has 4 aromatic rings. The molecule has 0 atom stereocenters. The number of benzene rings is 4. The van der Waals surface area contributed by atoms with Crippen LogP contribution in [0.25, 0.3) is 0 Å². The number of hydrogen-bond donors (Lipinski definition) is 0. The number of nitrogens with zero attached hydrogens (tertiary/aromatic N) is 12. The van der Waals surface area contributed by atoms with E-state index in [9.17, 15) is 0 Å². The summed E-state index contributed by atoms with van der Waals surface area (Å²) in [5, 5.41) is 0. The molecule has 0 fully saturated rings. The van der Waals surface area contributed by atoms with Crippen LogP contribution in [0.15, 0.2) is 134 Å². The molecule has 0 aliphatic carbocycles. The van der Waals surface area contributed by atoms with Gasteiger partial charge >= 0.3 is 7.87 Å². The van der Waals surface area contributed by atoms with Gasteiger partial charge in [-0.3, -0.25) is 5.82 Å². The van der Waals surface area contributed by atoms with Gasteiger partial charge in [0.1, 0.15) is 6.15 Å². The first-order valence-electron chi connectivity index (χ1n) is 20.3. The Morgan fingerprint density at radius 3 is 0.852 bits per heavy atom. The maximum atomic E-state index is 5.18. The van der Waals surface area contributed by atoms with Crippen molar-refractivity contribution in [3.63, 3.8) is 0 Å². The monoisotopic (exact) mass is 845 g/mol. The average molecular weight is 845 g/mol. The van der Waals surface area contributed by atoms with Crippen molar-refractivity contribution in [2.24, 2.45) is 19.1 Å². The fraction of sp³-hybridized carbons (Fsp3) is 0.362. The van der Waals surface area contributed by atoms with Crippen LogP contribution in [-0.4, -0.2) is 182 Å². The van der Waals surface area contributed by atoms with E-state index in [2.05, 4.69) is 134 Å². The summed E-state index contributed by atoms with van der Waals surface area (Å²) in [4.78, 5) is 15.6. The van der Waals surface area contributed by atoms with Crippen LogP contribution in [0, 0.1) is 18.7 Å². The number of guanidine groups is 4. The number of aryl methyl sites for hydroxylation is 1. The Hall–Kier alpha value is -5.99. The Balaban J connectivity index is 0.000000328. The van der Waals surface area contributed by atoms with Gasteiger partial charge < -0.3 is 39.2 Å². The van der Waals surface area contributed by atoms with Gasteiger partial charge in [-0.1, -0.05) is 109 Å². The van der Waals surface area contributed by atoms with Crippen LogP contribution in [0.5, 0.6) is 0 Å². The third kappa shape index (κ3) is 13.5. The van der Waals surface area contributed by atoms with Crippen LogP contribution in [0.2, 0.25) is 0 Å². The molecule has 0 aliphatic rings. The number of hydrogen-bond acceptors (Lipinski definition) is 4. The molecule has 0 saturated heterocycles. The Labute approximate surface area is 369 Å². The van der Waals surface area contributed by atoms with Crippen molar-refractivity contribution in [2.75, 3.05) is 113 Å². The molecule has 61 heavy (non-hydrogen) atoms. The minimum atomic E-state index is -3.13. The molecule has 0 N–H and O–H groups in total. The third-order valence-electron chi connectivity index (χ3n) is 9.48. The molecule has 0 unspecified atom stereocenters. The molecule has 0 spiro atoms. The van der Waals surface area contributed by atoms with Gasteiger partial charge in [-0.15, -0.1) is 5.92 Å². The zero-order valence-corrected chi connectivity index (χ0v) is 40.8. The SMILES string of the molecule is CN(C)C(=N[P+](N=C(N(C)C)N(C)C)(N=C(N(C)C)N(C)C)N=C(N(C)C)N(C)C)N(C)C.Cc1ccc(C#C[B-](c2ccccc2)(c2ccccc2)c2ccccc2)cc1. The Morgan fingerprint density at radius 2 is 0.623 bits per heavy atom. The highest BCUT2D eigenvalue weighted by Crippen LogP contribution is 2.66. The Kier molecular flexibility index (Phi) is 18.3. The molecule has 0 aliphatic heterocycles. The van der Waals surface area contributed by atoms with Crippen molar-refractivity contribution in [2.45, 2.75) is 6.92 Å². The zero-order chi connectivity index (χ0) is 45.5. The lowest BCUT2D eigenvalue weighted by molar-refractivity contribution is 0.479. The van der Waals surface area contributed by atoms with Crippen LogP contribution in [0.1, 0.15) is 11.1 Å². The van der Waals surface area contributed by atoms with E-state index in [4.69, 9.17) is 19.1 Å². The molecule has 0 amide bonds. The summed E-state index contributed by atoms with van der Waals surface area (Å²) in [6.45, 7) is 2.10. The standard InChI is InChI=1S/C27H22B.C20H48N12P/c1-23-17-19-24(20-18-23)21-22-28(25-11-5-2-6-12-25,26-13-7-3-8-14-26)27-15-9-4-10-16-27;1-25(2)17(26(3)4)21-33(22-18(27(5)6)28(7)8,23-19(29(9)10)30(11)12)24-20(31(13)14)32(15)16/h2-20H,1H3;1-16H3/q-1;+1. The van der Waals surface area contributed by atoms with E-state index in [1.54, 1.807) is 0 Å². The maximum absolute atomic E-state index is 5.18. The van der Waals surface area contributed by atoms with Gasteiger partial charge in [0.05, 0.1) is 0 Å². The molecule has 0 radical (unpaired) electrons. The van der Waals surface area contributed by atoms with Crippen molar-refractivity contribution in [3.05, 3.63) is 126 Å². The van der Waals surface area contributed by atoms with Crippen LogP contribution in [-0.2, 0) is 0 Å². The molecular formula is C47H70BN12P. The lowest BCUT2D eigenvalue weighted by Crippen LogP contribution is -2.66. The van der Waals surface area contributed by atoms with E-state index < -0.39 is 14.0 Å². The fourth-order valence-corrected chi connectivity index (χ4v) is 9.47. The van der Waals surface area contributed by atoms with Gasteiger partial charge in [0.15, 0.2) is 0 Å². The second-order valence-electron chi connectivity index (χ2n) is 16.5. The first kappa shape index (κ1) is 49.4. The van der Waals surface area contributed by atoms with Crippen LogP contribution < -0.4 is 16.4 Å². The van der Waals surface area contributed by atoms with Crippen molar-refractivity contribution in [1.82, 2.24) is 39.2 Å². The van der Waals surface area contributed by atoms with Crippen molar-refractivity contribution in [1.29, 1.82) is 0 Å². The van der Waals surface area contributed by atoms with Gasteiger partial charge in [0, 0.05) is 118 Å². The molecule has 326 valence electrons. The van der Waals surface area contributed by atoms with Crippen molar-refractivity contribution >= 4 is 54.2 Å². The van der Waals surface area contributed by atoms with Gasteiger partial charge in [-0.2, -0.15) is 16.4 Å². The molecule has 0 saturated carbocycles. The molecule has 14 heteroatoms. The zero-order valence-electron chi connectivity index (χ0n) is 39.9. The van der Waals surface area contributed by atoms with Gasteiger partial charge in [0.2, 0.25) is 23.8 Å². The summed E-state index contributed by atoms with van der Waals surface area (Å²) >= 11 is 0. The first-order chi connectivity index (χ1) is 28.7. The Morgan fingerprint density at radius 1 is 0.377 bits per heavy atom. The quantitative estimate of drug-likeness (QED) is 0.0878. The highest BCUT2D eigenvalue weighted by atomic mass is 31.2. The maximum Gasteiger partial charge on any atom is 0.507 e. The minimum absolute atomic E-state index is 0.727. The summed E-state index contributed by atoms with van der Waals surface area (Å²) < 4.78 is 20.7. The van der Waals surface area contributed by atoms with Crippen molar-refractivity contribution < 1.29 is 0 Å². The highest BCUT2D eigenvalue weighted by Gasteiger charge is 2.47. The largest absolute Gasteiger partial charge is 0.507 e. The lowest BCUT2D eigenvalue weighted by Gasteiger charge is -2.38. The summed E-state index contributed by atoms with van der Waals surface area (Å²) in [6.07, 6.45) is -1.41. The summed E-state index contributed by atoms with van der Waals surface area (Å²) in [5.74, 6) is 10.1. The summed E-state index contributed by atoms with van der Waals surface area (Å²) in [5.41, 5.74) is 6.00. The lowest BCUT2D eigenvalue weighted by atomic mass is 9.16. The van der Waals surface area contributed by atoms with Gasteiger partial charge in [0.25, 0.3) is 0 Å². The summed E-state index contributed by atoms with van der Waals surface area (Å²) in [6, 6.07) is 40.4. The highest BCUT2D eigenvalue weighted by molar-refractivity contribution is 7.71. The predicted molar refractivity (Wildman–Crippen MR) is 268 cm³/mol. The van der Waals surface area contributed by atoms with E-state index in [0.29, 0.717) is 0 Å². The molecule has 0 heterocycles. The van der Waals surface area contributed by atoms with Crippen LogP contribution in [0.3, 0.4) is 0 Å². The molecule has 0 bridgehead atoms. The molecule has 4 aromatic carbocycles. The van der Waals surface area contributed by atoms with Gasteiger partial charge in [-0.25, -0.2) is 0 Å². The van der Waals surface area contributed by atoms with E-state index in [0.717, 1.165) is 29.4 Å². The third-order valence-corrected chi connectivity index (χ3v) is 11.3. The van der Waals surface area contributed by atoms with Crippen LogP contribution in [0.4, 0.5) is 0 Å². The minimum Gasteiger partial charge on any atom is -0.346 e. The molecule has 4 rings (SSSR count). The first-order valence-corrected chi connectivity index (χ1v) is 21.9. The summed E-state index contributed by atoms with van der Waals surface area (Å²) in [7, 11) is 28.2. The van der Waals surface area contributed by atoms with E-state index >= 15 is 0 Å². The van der Waals surface area contributed by atoms with E-state index in [-0.39, 0.29) is 0 Å². The smallest absolute Gasteiger partial charge is 0.346 e. The van der Waals surface area contributed by atoms with Crippen LogP contribution >= 0.6 is 7.87 Å². The molecular weight excluding hydrogens is 774 g/mol. The second-order valence-corrected chi connectivity index (χ2v) is 18.4. The van der Waals surface area contributed by atoms with E-state index in [1.165, 1.54) is 22.0 Å². The Bertz CT molecular complexity index is 1870. The average Bonchev–Trinajstić information content (AvgIpc) is 3.21. The normalized spacial score (nSPS) is 10.6. The van der Waals surface area contributed by atoms with Gasteiger partial charge in [-0.05, 0) is 38.1 Å².